The van der Waals surface area contributed by atoms with Gasteiger partial charge in [0.1, 0.15) is 0 Å². The molecule has 0 unspecified atom stereocenters. The smallest absolute Gasteiger partial charge is 0.309 e. The van der Waals surface area contributed by atoms with Gasteiger partial charge in [0.25, 0.3) is 6.43 Å². The van der Waals surface area contributed by atoms with Crippen LogP contribution in [0.5, 0.6) is 0 Å². The van der Waals surface area contributed by atoms with Crippen LogP contribution in [0.15, 0.2) is 18.2 Å². The molecular weight excluding hydrogens is 250 g/mol. The quantitative estimate of drug-likeness (QED) is 0.893. The summed E-state index contributed by atoms with van der Waals surface area (Å²) in [6, 6.07) is 4.01. The van der Waals surface area contributed by atoms with Crippen molar-refractivity contribution in [1.82, 2.24) is 0 Å². The lowest BCUT2D eigenvalue weighted by molar-refractivity contribution is -0.146. The van der Waals surface area contributed by atoms with Crippen molar-refractivity contribution < 1.29 is 18.7 Å². The highest BCUT2D eigenvalue weighted by Crippen LogP contribution is 2.31. The van der Waals surface area contributed by atoms with Crippen molar-refractivity contribution in [1.29, 1.82) is 0 Å². The maximum atomic E-state index is 12.7. The Morgan fingerprint density at radius 1 is 1.47 bits per heavy atom. The molecule has 0 bridgehead atoms. The predicted molar refractivity (Wildman–Crippen MR) is 61.5 cm³/mol. The van der Waals surface area contributed by atoms with Crippen molar-refractivity contribution in [3.63, 3.8) is 0 Å². The molecule has 0 amide bonds. The Morgan fingerprint density at radius 3 is 2.53 bits per heavy atom. The first kappa shape index (κ1) is 13.9. The molecule has 0 spiro atoms. The van der Waals surface area contributed by atoms with E-state index in [-0.39, 0.29) is 17.5 Å². The largest absolute Gasteiger partial charge is 0.481 e. The molecule has 1 aromatic carbocycles. The van der Waals surface area contributed by atoms with Crippen LogP contribution >= 0.6 is 11.6 Å². The number of carbonyl (C=O) groups is 1. The molecule has 1 aromatic rings. The second-order valence-corrected chi connectivity index (χ2v) is 4.95. The molecule has 0 aliphatic heterocycles. The van der Waals surface area contributed by atoms with Gasteiger partial charge in [0.05, 0.1) is 5.41 Å². The van der Waals surface area contributed by atoms with Gasteiger partial charge in [-0.25, -0.2) is 8.78 Å². The van der Waals surface area contributed by atoms with E-state index in [9.17, 15) is 13.6 Å². The van der Waals surface area contributed by atoms with E-state index in [0.29, 0.717) is 5.02 Å². The van der Waals surface area contributed by atoms with Crippen molar-refractivity contribution >= 4 is 17.6 Å². The highest BCUT2D eigenvalue weighted by atomic mass is 35.5. The van der Waals surface area contributed by atoms with Gasteiger partial charge in [-0.3, -0.25) is 4.79 Å². The summed E-state index contributed by atoms with van der Waals surface area (Å²) in [5.74, 6) is -1.03. The molecule has 5 heteroatoms. The summed E-state index contributed by atoms with van der Waals surface area (Å²) in [7, 11) is 0. The minimum absolute atomic E-state index is 0.0164. The molecule has 0 fully saturated rings. The molecule has 2 nitrogen and oxygen atoms in total. The van der Waals surface area contributed by atoms with Crippen LogP contribution in [-0.2, 0) is 11.2 Å². The van der Waals surface area contributed by atoms with E-state index in [1.54, 1.807) is 0 Å². The molecule has 0 radical (unpaired) electrons. The van der Waals surface area contributed by atoms with Gasteiger partial charge >= 0.3 is 5.97 Å². The number of rotatable bonds is 4. The standard InChI is InChI=1S/C12H13ClF2O2/c1-12(2,11(16)17)6-7-5-8(13)3-4-9(7)10(14)15/h3-5,10H,6H2,1-2H3,(H,16,17). The van der Waals surface area contributed by atoms with Gasteiger partial charge in [0.2, 0.25) is 0 Å². The number of halogens is 3. The Morgan fingerprint density at radius 2 is 2.06 bits per heavy atom. The fraction of sp³-hybridized carbons (Fsp3) is 0.417. The van der Waals surface area contributed by atoms with Crippen molar-refractivity contribution in [3.8, 4) is 0 Å². The fourth-order valence-electron chi connectivity index (χ4n) is 1.49. The van der Waals surface area contributed by atoms with Gasteiger partial charge in [0, 0.05) is 10.6 Å². The molecule has 0 aromatic heterocycles. The molecule has 0 saturated heterocycles. The summed E-state index contributed by atoms with van der Waals surface area (Å²) in [6.07, 6.45) is -2.62. The number of benzene rings is 1. The molecular formula is C12H13ClF2O2. The van der Waals surface area contributed by atoms with Crippen molar-refractivity contribution in [2.45, 2.75) is 26.7 Å². The highest BCUT2D eigenvalue weighted by molar-refractivity contribution is 6.30. The zero-order chi connectivity index (χ0) is 13.2. The highest BCUT2D eigenvalue weighted by Gasteiger charge is 2.29. The number of alkyl halides is 2. The van der Waals surface area contributed by atoms with Crippen LogP contribution in [0.4, 0.5) is 8.78 Å². The minimum Gasteiger partial charge on any atom is -0.481 e. The van der Waals surface area contributed by atoms with Crippen molar-refractivity contribution in [2.75, 3.05) is 0 Å². The molecule has 0 atom stereocenters. The molecule has 0 aliphatic carbocycles. The monoisotopic (exact) mass is 262 g/mol. The molecule has 94 valence electrons. The number of carboxylic acids is 1. The Balaban J connectivity index is 3.12. The van der Waals surface area contributed by atoms with E-state index in [0.717, 1.165) is 0 Å². The maximum Gasteiger partial charge on any atom is 0.309 e. The molecule has 0 aliphatic rings. The zero-order valence-corrected chi connectivity index (χ0v) is 10.3. The first-order valence-electron chi connectivity index (χ1n) is 5.04. The Bertz CT molecular complexity index is 431. The Labute approximate surface area is 103 Å². The average molecular weight is 263 g/mol. The first-order valence-corrected chi connectivity index (χ1v) is 5.41. The summed E-state index contributed by atoms with van der Waals surface area (Å²) in [6.45, 7) is 2.98. The summed E-state index contributed by atoms with van der Waals surface area (Å²) >= 11 is 5.74. The van der Waals surface area contributed by atoms with E-state index in [1.165, 1.54) is 32.0 Å². The third-order valence-electron chi connectivity index (χ3n) is 2.55. The lowest BCUT2D eigenvalue weighted by Crippen LogP contribution is -2.26. The summed E-state index contributed by atoms with van der Waals surface area (Å²) < 4.78 is 25.5. The molecule has 0 saturated carbocycles. The van der Waals surface area contributed by atoms with Gasteiger partial charge in [-0.1, -0.05) is 17.7 Å². The number of hydrogen-bond donors (Lipinski definition) is 1. The zero-order valence-electron chi connectivity index (χ0n) is 9.51. The van der Waals surface area contributed by atoms with Crippen LogP contribution < -0.4 is 0 Å². The summed E-state index contributed by atoms with van der Waals surface area (Å²) in [4.78, 5) is 11.0. The van der Waals surface area contributed by atoms with Gasteiger partial charge in [0.15, 0.2) is 0 Å². The fourth-order valence-corrected chi connectivity index (χ4v) is 1.69. The number of hydrogen-bond acceptors (Lipinski definition) is 1. The van der Waals surface area contributed by atoms with E-state index in [2.05, 4.69) is 0 Å². The van der Waals surface area contributed by atoms with Gasteiger partial charge in [-0.05, 0) is 38.0 Å². The number of carboxylic acid groups (broad SMARTS) is 1. The lowest BCUT2D eigenvalue weighted by Gasteiger charge is -2.21. The number of aliphatic carboxylic acids is 1. The van der Waals surface area contributed by atoms with E-state index >= 15 is 0 Å². The third kappa shape index (κ3) is 3.40. The van der Waals surface area contributed by atoms with Crippen molar-refractivity contribution in [2.24, 2.45) is 5.41 Å². The van der Waals surface area contributed by atoms with Crippen molar-refractivity contribution in [3.05, 3.63) is 34.3 Å². The Hall–Kier alpha value is -1.16. The Kier molecular flexibility index (Phi) is 4.09. The van der Waals surface area contributed by atoms with Crippen LogP contribution in [0.2, 0.25) is 5.02 Å². The summed E-state index contributed by atoms with van der Waals surface area (Å²) in [5, 5.41) is 9.31. The topological polar surface area (TPSA) is 37.3 Å². The van der Waals surface area contributed by atoms with E-state index < -0.39 is 17.8 Å². The second-order valence-electron chi connectivity index (χ2n) is 4.51. The third-order valence-corrected chi connectivity index (χ3v) is 2.79. The normalized spacial score (nSPS) is 11.9. The molecule has 0 heterocycles. The van der Waals surface area contributed by atoms with Gasteiger partial charge in [-0.2, -0.15) is 0 Å². The van der Waals surface area contributed by atoms with E-state index in [4.69, 9.17) is 16.7 Å². The van der Waals surface area contributed by atoms with E-state index in [1.807, 2.05) is 0 Å². The van der Waals surface area contributed by atoms with Crippen LogP contribution in [0.25, 0.3) is 0 Å². The molecule has 17 heavy (non-hydrogen) atoms. The lowest BCUT2D eigenvalue weighted by atomic mass is 9.84. The first-order chi connectivity index (χ1) is 7.74. The second kappa shape index (κ2) is 5.00. The molecule has 1 rings (SSSR count). The van der Waals surface area contributed by atoms with Crippen LogP contribution in [0.1, 0.15) is 31.4 Å². The van der Waals surface area contributed by atoms with Crippen LogP contribution in [-0.4, -0.2) is 11.1 Å². The van der Waals surface area contributed by atoms with Gasteiger partial charge < -0.3 is 5.11 Å². The SMILES string of the molecule is CC(C)(Cc1cc(Cl)ccc1C(F)F)C(=O)O. The predicted octanol–water partition coefficient (Wildman–Crippen LogP) is 3.93. The van der Waals surface area contributed by atoms with Crippen LogP contribution in [0.3, 0.4) is 0 Å². The van der Waals surface area contributed by atoms with Crippen LogP contribution in [0, 0.1) is 5.41 Å². The minimum atomic E-state index is -2.63. The molecule has 1 N–H and O–H groups in total. The van der Waals surface area contributed by atoms with Gasteiger partial charge in [-0.15, -0.1) is 0 Å². The summed E-state index contributed by atoms with van der Waals surface area (Å²) in [5.41, 5.74) is -0.988. The average Bonchev–Trinajstić information content (AvgIpc) is 2.15. The maximum absolute atomic E-state index is 12.7.